The molecule has 1 aromatic carbocycles. The summed E-state index contributed by atoms with van der Waals surface area (Å²) < 4.78 is 41.5. The van der Waals surface area contributed by atoms with Crippen molar-refractivity contribution in [2.24, 2.45) is 0 Å². The Labute approximate surface area is 74.2 Å². The van der Waals surface area contributed by atoms with E-state index in [0.29, 0.717) is 0 Å². The maximum atomic E-state index is 10.4. The van der Waals surface area contributed by atoms with E-state index in [1.54, 1.807) is 0 Å². The van der Waals surface area contributed by atoms with Crippen molar-refractivity contribution in [3.05, 3.63) is 24.3 Å². The molecule has 1 rings (SSSR count). The predicted octanol–water partition coefficient (Wildman–Crippen LogP) is 0.163. The molecule has 0 aromatic heterocycles. The molecule has 2 atom stereocenters. The third-order valence-electron chi connectivity index (χ3n) is 1.19. The van der Waals surface area contributed by atoms with Crippen LogP contribution in [0.5, 0.6) is 0 Å². The maximum Gasteiger partial charge on any atom is 0.0260 e. The third kappa shape index (κ3) is 2.21. The van der Waals surface area contributed by atoms with Gasteiger partial charge >= 0.3 is 0 Å². The summed E-state index contributed by atoms with van der Waals surface area (Å²) in [6.45, 7) is 0. The van der Waals surface area contributed by atoms with Gasteiger partial charge in [0.1, 0.15) is 0 Å². The van der Waals surface area contributed by atoms with Crippen molar-refractivity contribution in [1.29, 1.82) is 0 Å². The summed E-state index contributed by atoms with van der Waals surface area (Å²) >= 11 is -4.76. The van der Waals surface area contributed by atoms with Crippen molar-refractivity contribution in [1.82, 2.24) is 0 Å². The number of benzene rings is 1. The molecule has 0 saturated heterocycles. The van der Waals surface area contributed by atoms with Gasteiger partial charge in [0.25, 0.3) is 0 Å². The average molecular weight is 204 g/mol. The molecule has 0 heterocycles. The molecule has 0 amide bonds. The first-order valence-electron chi connectivity index (χ1n) is 2.90. The van der Waals surface area contributed by atoms with E-state index in [-0.39, 0.29) is 9.79 Å². The van der Waals surface area contributed by atoms with Crippen LogP contribution < -0.4 is 0 Å². The molecular weight excluding hydrogens is 200 g/mol. The molecule has 0 aliphatic rings. The molecule has 0 radical (unpaired) electrons. The number of hydrogen-bond donors (Lipinski definition) is 0. The molecule has 66 valence electrons. The van der Waals surface area contributed by atoms with E-state index >= 15 is 0 Å². The van der Waals surface area contributed by atoms with Crippen LogP contribution in [0.15, 0.2) is 34.1 Å². The van der Waals surface area contributed by atoms with Crippen LogP contribution >= 0.6 is 0 Å². The van der Waals surface area contributed by atoms with E-state index in [1.807, 2.05) is 0 Å². The van der Waals surface area contributed by atoms with Crippen LogP contribution in [0.3, 0.4) is 0 Å². The van der Waals surface area contributed by atoms with E-state index in [1.165, 1.54) is 18.2 Å². The molecule has 0 spiro atoms. The highest BCUT2D eigenvalue weighted by molar-refractivity contribution is 7.80. The standard InChI is InChI=1S/C6H6O4S2/c7-11(8)5-2-1-3-6(4-5)12(9)10/h1-4H,(H,7,8)(H,9,10)/p-2. The van der Waals surface area contributed by atoms with Crippen LogP contribution in [0.1, 0.15) is 0 Å². The Balaban J connectivity index is 3.12. The second-order valence-corrected chi connectivity index (χ2v) is 3.83. The van der Waals surface area contributed by atoms with E-state index in [4.69, 9.17) is 0 Å². The van der Waals surface area contributed by atoms with Crippen LogP contribution in [-0.4, -0.2) is 17.5 Å². The number of hydrogen-bond acceptors (Lipinski definition) is 4. The minimum atomic E-state index is -2.38. The van der Waals surface area contributed by atoms with E-state index in [2.05, 4.69) is 0 Å². The summed E-state index contributed by atoms with van der Waals surface area (Å²) in [5, 5.41) is 0. The molecule has 0 aliphatic carbocycles. The molecule has 0 aliphatic heterocycles. The minimum absolute atomic E-state index is 0.0308. The molecule has 0 N–H and O–H groups in total. The Kier molecular flexibility index (Phi) is 3.10. The van der Waals surface area contributed by atoms with Crippen molar-refractivity contribution >= 4 is 22.2 Å². The Morgan fingerprint density at radius 3 is 1.75 bits per heavy atom. The van der Waals surface area contributed by atoms with Gasteiger partial charge in [0.05, 0.1) is 0 Å². The average Bonchev–Trinajstić information content (AvgIpc) is 2.04. The van der Waals surface area contributed by atoms with Gasteiger partial charge in [-0.25, -0.2) is 0 Å². The molecule has 1 aromatic rings. The van der Waals surface area contributed by atoms with Gasteiger partial charge in [0.15, 0.2) is 0 Å². The molecule has 2 unspecified atom stereocenters. The van der Waals surface area contributed by atoms with E-state index < -0.39 is 22.2 Å². The third-order valence-corrected chi connectivity index (χ3v) is 2.47. The Morgan fingerprint density at radius 1 is 1.00 bits per heavy atom. The lowest BCUT2D eigenvalue weighted by molar-refractivity contribution is 0.535. The highest BCUT2D eigenvalue weighted by Crippen LogP contribution is 2.10. The summed E-state index contributed by atoms with van der Waals surface area (Å²) in [5.74, 6) is 0. The Morgan fingerprint density at radius 2 is 1.42 bits per heavy atom. The second kappa shape index (κ2) is 3.90. The minimum Gasteiger partial charge on any atom is -0.768 e. The molecule has 0 bridgehead atoms. The summed E-state index contributed by atoms with van der Waals surface area (Å²) in [7, 11) is 0. The second-order valence-electron chi connectivity index (χ2n) is 1.94. The van der Waals surface area contributed by atoms with Crippen molar-refractivity contribution < 1.29 is 17.5 Å². The first-order valence-corrected chi connectivity index (χ1v) is 5.05. The molecule has 0 fully saturated rings. The largest absolute Gasteiger partial charge is 0.768 e. The van der Waals surface area contributed by atoms with Gasteiger partial charge < -0.3 is 9.11 Å². The van der Waals surface area contributed by atoms with E-state index in [9.17, 15) is 17.5 Å². The van der Waals surface area contributed by atoms with Crippen LogP contribution in [0, 0.1) is 0 Å². The zero-order chi connectivity index (χ0) is 9.14. The fourth-order valence-corrected chi connectivity index (χ4v) is 1.58. The highest BCUT2D eigenvalue weighted by Gasteiger charge is 1.95. The van der Waals surface area contributed by atoms with Crippen LogP contribution in [0.2, 0.25) is 0 Å². The van der Waals surface area contributed by atoms with Crippen molar-refractivity contribution in [2.75, 3.05) is 0 Å². The monoisotopic (exact) mass is 204 g/mol. The Bertz CT molecular complexity index is 307. The lowest BCUT2D eigenvalue weighted by Gasteiger charge is -2.08. The normalized spacial score (nSPS) is 15.5. The first-order chi connectivity index (χ1) is 5.61. The molecule has 0 saturated carbocycles. The summed E-state index contributed by atoms with van der Waals surface area (Å²) in [6, 6.07) is 5.10. The summed E-state index contributed by atoms with van der Waals surface area (Å²) in [5.41, 5.74) is 0. The van der Waals surface area contributed by atoms with Gasteiger partial charge in [-0.3, -0.25) is 8.42 Å². The van der Waals surface area contributed by atoms with E-state index in [0.717, 1.165) is 6.07 Å². The zero-order valence-corrected chi connectivity index (χ0v) is 7.39. The van der Waals surface area contributed by atoms with Crippen molar-refractivity contribution in [3.63, 3.8) is 0 Å². The lowest BCUT2D eigenvalue weighted by atomic mass is 10.4. The molecule has 6 heteroatoms. The van der Waals surface area contributed by atoms with Crippen LogP contribution in [0.25, 0.3) is 0 Å². The lowest BCUT2D eigenvalue weighted by Crippen LogP contribution is -1.93. The highest BCUT2D eigenvalue weighted by atomic mass is 32.2. The fraction of sp³-hybridized carbons (Fsp3) is 0. The molecular formula is C6H4O4S2-2. The van der Waals surface area contributed by atoms with Gasteiger partial charge in [0, 0.05) is 9.79 Å². The molecule has 12 heavy (non-hydrogen) atoms. The quantitative estimate of drug-likeness (QED) is 0.643. The van der Waals surface area contributed by atoms with Gasteiger partial charge in [0.2, 0.25) is 0 Å². The fourth-order valence-electron chi connectivity index (χ4n) is 0.682. The van der Waals surface area contributed by atoms with Crippen molar-refractivity contribution in [2.45, 2.75) is 9.79 Å². The van der Waals surface area contributed by atoms with Gasteiger partial charge in [-0.05, 0) is 40.4 Å². The SMILES string of the molecule is O=S([O-])c1cccc(S(=O)[O-])c1. The predicted molar refractivity (Wildman–Crippen MR) is 40.8 cm³/mol. The molecule has 4 nitrogen and oxygen atoms in total. The Hall–Kier alpha value is -0.560. The zero-order valence-electron chi connectivity index (χ0n) is 5.76. The van der Waals surface area contributed by atoms with Crippen LogP contribution in [-0.2, 0) is 22.2 Å². The topological polar surface area (TPSA) is 80.3 Å². The first kappa shape index (κ1) is 9.53. The smallest absolute Gasteiger partial charge is 0.0260 e. The van der Waals surface area contributed by atoms with Gasteiger partial charge in [-0.1, -0.05) is 6.07 Å². The maximum absolute atomic E-state index is 10.4. The van der Waals surface area contributed by atoms with Crippen LogP contribution in [0.4, 0.5) is 0 Å². The van der Waals surface area contributed by atoms with Gasteiger partial charge in [-0.2, -0.15) is 0 Å². The van der Waals surface area contributed by atoms with Gasteiger partial charge in [-0.15, -0.1) is 0 Å². The number of rotatable bonds is 2. The van der Waals surface area contributed by atoms with Crippen molar-refractivity contribution in [3.8, 4) is 0 Å². The summed E-state index contributed by atoms with van der Waals surface area (Å²) in [4.78, 5) is -0.0617. The summed E-state index contributed by atoms with van der Waals surface area (Å²) in [6.07, 6.45) is 0.